The molecule has 3 aromatic carbocycles. The van der Waals surface area contributed by atoms with Crippen molar-refractivity contribution in [2.45, 2.75) is 6.42 Å². The van der Waals surface area contributed by atoms with Crippen LogP contribution >= 0.6 is 0 Å². The molecule has 1 amide bonds. The number of anilines is 1. The van der Waals surface area contributed by atoms with Gasteiger partial charge in [0, 0.05) is 24.1 Å². The highest BCUT2D eigenvalue weighted by molar-refractivity contribution is 6.02. The number of nitrogens with one attached hydrogen (secondary N) is 1. The lowest BCUT2D eigenvalue weighted by Crippen LogP contribution is -2.26. The van der Waals surface area contributed by atoms with E-state index >= 15 is 0 Å². The molecule has 7 nitrogen and oxygen atoms in total. The number of aromatic hydroxyl groups is 1. The fraction of sp³-hybridized carbons (Fsp3) is 0.130. The Kier molecular flexibility index (Phi) is 6.54. The highest BCUT2D eigenvalue weighted by Crippen LogP contribution is 2.31. The van der Waals surface area contributed by atoms with Gasteiger partial charge in [-0.2, -0.15) is 0 Å². The number of carbonyl (C=O) groups is 2. The van der Waals surface area contributed by atoms with E-state index < -0.39 is 0 Å². The van der Waals surface area contributed by atoms with Gasteiger partial charge in [-0.15, -0.1) is 0 Å². The van der Waals surface area contributed by atoms with Crippen LogP contribution in [-0.4, -0.2) is 30.5 Å². The summed E-state index contributed by atoms with van der Waals surface area (Å²) >= 11 is 0. The van der Waals surface area contributed by atoms with Crippen LogP contribution in [0, 0.1) is 0 Å². The van der Waals surface area contributed by atoms with Crippen LogP contribution in [0.15, 0.2) is 66.7 Å². The van der Waals surface area contributed by atoms with Crippen LogP contribution in [0.4, 0.5) is 5.69 Å². The molecule has 0 bridgehead atoms. The molecule has 30 heavy (non-hydrogen) atoms. The van der Waals surface area contributed by atoms with E-state index in [0.717, 1.165) is 0 Å². The van der Waals surface area contributed by atoms with Gasteiger partial charge < -0.3 is 25.6 Å². The van der Waals surface area contributed by atoms with Crippen molar-refractivity contribution < 1.29 is 24.2 Å². The number of rotatable bonds is 8. The second-order valence-corrected chi connectivity index (χ2v) is 6.47. The van der Waals surface area contributed by atoms with E-state index in [2.05, 4.69) is 5.32 Å². The summed E-state index contributed by atoms with van der Waals surface area (Å²) in [5, 5.41) is 12.1. The van der Waals surface area contributed by atoms with Crippen molar-refractivity contribution >= 4 is 17.4 Å². The standard InChI is InChI=1S/C23H22N2O5/c1-29-18-5-2-4-15(14-18)23(28)25-13-12-20(27)19-6-3-7-21(22(19)24)30-17-10-8-16(26)9-11-17/h2-11,14,26H,12-13,24H2,1H3,(H,25,28). The number of ether oxygens (including phenoxy) is 2. The van der Waals surface area contributed by atoms with E-state index in [1.165, 1.54) is 19.2 Å². The maximum Gasteiger partial charge on any atom is 0.251 e. The molecule has 7 heteroatoms. The Hall–Kier alpha value is -4.00. The molecule has 0 heterocycles. The summed E-state index contributed by atoms with van der Waals surface area (Å²) in [7, 11) is 1.53. The summed E-state index contributed by atoms with van der Waals surface area (Å²) in [5.41, 5.74) is 7.11. The Bertz CT molecular complexity index is 1050. The predicted molar refractivity (Wildman–Crippen MR) is 113 cm³/mol. The minimum Gasteiger partial charge on any atom is -0.508 e. The third-order valence-electron chi connectivity index (χ3n) is 4.40. The minimum absolute atomic E-state index is 0.0859. The minimum atomic E-state index is -0.293. The van der Waals surface area contributed by atoms with Gasteiger partial charge in [-0.05, 0) is 54.6 Å². The van der Waals surface area contributed by atoms with E-state index in [0.29, 0.717) is 28.4 Å². The van der Waals surface area contributed by atoms with Crippen LogP contribution in [0.3, 0.4) is 0 Å². The van der Waals surface area contributed by atoms with Crippen molar-refractivity contribution in [3.05, 3.63) is 77.9 Å². The van der Waals surface area contributed by atoms with E-state index in [-0.39, 0.29) is 36.1 Å². The Morgan fingerprint density at radius 1 is 1.00 bits per heavy atom. The molecule has 0 fully saturated rings. The van der Waals surface area contributed by atoms with Gasteiger partial charge in [0.2, 0.25) is 0 Å². The molecular formula is C23H22N2O5. The highest BCUT2D eigenvalue weighted by Gasteiger charge is 2.15. The smallest absolute Gasteiger partial charge is 0.251 e. The number of carbonyl (C=O) groups excluding carboxylic acids is 2. The van der Waals surface area contributed by atoms with Gasteiger partial charge in [0.1, 0.15) is 17.2 Å². The zero-order valence-corrected chi connectivity index (χ0v) is 16.4. The maximum atomic E-state index is 12.6. The number of methoxy groups -OCH3 is 1. The Morgan fingerprint density at radius 3 is 2.47 bits per heavy atom. The zero-order chi connectivity index (χ0) is 21.5. The van der Waals surface area contributed by atoms with Gasteiger partial charge in [0.15, 0.2) is 11.5 Å². The molecule has 154 valence electrons. The fourth-order valence-corrected chi connectivity index (χ4v) is 2.81. The van der Waals surface area contributed by atoms with Crippen LogP contribution in [-0.2, 0) is 0 Å². The average molecular weight is 406 g/mol. The summed E-state index contributed by atoms with van der Waals surface area (Å²) in [6.07, 6.45) is 0.0859. The number of para-hydroxylation sites is 1. The highest BCUT2D eigenvalue weighted by atomic mass is 16.5. The molecule has 3 rings (SSSR count). The quantitative estimate of drug-likeness (QED) is 0.388. The number of hydrogen-bond acceptors (Lipinski definition) is 6. The molecule has 0 saturated heterocycles. The van der Waals surface area contributed by atoms with E-state index in [4.69, 9.17) is 15.2 Å². The Balaban J connectivity index is 1.61. The molecule has 0 saturated carbocycles. The number of nitrogens with two attached hydrogens (primary N) is 1. The van der Waals surface area contributed by atoms with Crippen molar-refractivity contribution in [1.29, 1.82) is 0 Å². The number of phenols is 1. The Morgan fingerprint density at radius 2 is 1.73 bits per heavy atom. The number of benzene rings is 3. The molecule has 3 aromatic rings. The van der Waals surface area contributed by atoms with E-state index in [9.17, 15) is 14.7 Å². The van der Waals surface area contributed by atoms with Crippen LogP contribution in [0.25, 0.3) is 0 Å². The Labute approximate surface area is 174 Å². The average Bonchev–Trinajstić information content (AvgIpc) is 2.76. The van der Waals surface area contributed by atoms with Crippen LogP contribution < -0.4 is 20.5 Å². The molecule has 0 spiro atoms. The van der Waals surface area contributed by atoms with Gasteiger partial charge in [-0.3, -0.25) is 9.59 Å². The SMILES string of the molecule is COc1cccc(C(=O)NCCC(=O)c2cccc(Oc3ccc(O)cc3)c2N)c1. The summed E-state index contributed by atoms with van der Waals surface area (Å²) in [5.74, 6) is 1.02. The lowest BCUT2D eigenvalue weighted by molar-refractivity contribution is 0.0940. The first kappa shape index (κ1) is 20.7. The van der Waals surface area contributed by atoms with Gasteiger partial charge in [-0.1, -0.05) is 12.1 Å². The molecule has 4 N–H and O–H groups in total. The molecule has 0 aliphatic heterocycles. The molecule has 0 atom stereocenters. The van der Waals surface area contributed by atoms with Gasteiger partial charge >= 0.3 is 0 Å². The number of ketones is 1. The van der Waals surface area contributed by atoms with Crippen molar-refractivity contribution in [2.75, 3.05) is 19.4 Å². The number of Topliss-reactive ketones (excluding diaryl/α,β-unsaturated/α-hetero) is 1. The van der Waals surface area contributed by atoms with E-state index in [1.807, 2.05) is 0 Å². The van der Waals surface area contributed by atoms with E-state index in [1.54, 1.807) is 54.6 Å². The summed E-state index contributed by atoms with van der Waals surface area (Å²) < 4.78 is 10.8. The first-order chi connectivity index (χ1) is 14.5. The molecule has 0 aliphatic carbocycles. The van der Waals surface area contributed by atoms with Gasteiger partial charge in [0.05, 0.1) is 12.8 Å². The fourth-order valence-electron chi connectivity index (χ4n) is 2.81. The number of nitrogen functional groups attached to an aromatic ring is 1. The largest absolute Gasteiger partial charge is 0.508 e. The second-order valence-electron chi connectivity index (χ2n) is 6.47. The normalized spacial score (nSPS) is 10.3. The van der Waals surface area contributed by atoms with Crippen LogP contribution in [0.1, 0.15) is 27.1 Å². The second kappa shape index (κ2) is 9.47. The third-order valence-corrected chi connectivity index (χ3v) is 4.40. The molecule has 0 radical (unpaired) electrons. The van der Waals surface area contributed by atoms with Gasteiger partial charge in [-0.25, -0.2) is 0 Å². The van der Waals surface area contributed by atoms with Crippen molar-refractivity contribution in [3.63, 3.8) is 0 Å². The lowest BCUT2D eigenvalue weighted by atomic mass is 10.1. The monoisotopic (exact) mass is 406 g/mol. The summed E-state index contributed by atoms with van der Waals surface area (Å²) in [4.78, 5) is 24.8. The topological polar surface area (TPSA) is 111 Å². The number of amides is 1. The first-order valence-corrected chi connectivity index (χ1v) is 9.29. The zero-order valence-electron chi connectivity index (χ0n) is 16.4. The molecule has 0 unspecified atom stereocenters. The van der Waals surface area contributed by atoms with Crippen LogP contribution in [0.5, 0.6) is 23.0 Å². The molecule has 0 aromatic heterocycles. The molecule has 0 aliphatic rings. The van der Waals surface area contributed by atoms with Crippen molar-refractivity contribution in [2.24, 2.45) is 0 Å². The van der Waals surface area contributed by atoms with Crippen molar-refractivity contribution in [3.8, 4) is 23.0 Å². The molecular weight excluding hydrogens is 384 g/mol. The summed E-state index contributed by atoms with van der Waals surface area (Å²) in [6.45, 7) is 0.164. The number of hydrogen-bond donors (Lipinski definition) is 3. The first-order valence-electron chi connectivity index (χ1n) is 9.29. The van der Waals surface area contributed by atoms with Gasteiger partial charge in [0.25, 0.3) is 5.91 Å². The predicted octanol–water partition coefficient (Wildman–Crippen LogP) is 3.78. The third kappa shape index (κ3) is 5.08. The maximum absolute atomic E-state index is 12.6. The lowest BCUT2D eigenvalue weighted by Gasteiger charge is -2.12. The van der Waals surface area contributed by atoms with Crippen molar-refractivity contribution in [1.82, 2.24) is 5.32 Å². The van der Waals surface area contributed by atoms with Crippen LogP contribution in [0.2, 0.25) is 0 Å². The number of phenolic OH excluding ortho intramolecular Hbond substituents is 1. The summed E-state index contributed by atoms with van der Waals surface area (Å²) in [6, 6.07) is 17.9.